The van der Waals surface area contributed by atoms with Crippen molar-refractivity contribution in [1.29, 1.82) is 0 Å². The number of hydrogen-bond acceptors (Lipinski definition) is 4. The number of carbonyl (C=O) groups excluding carboxylic acids is 2. The number of alkyl carbamates (subject to hydrolysis) is 1. The van der Waals surface area contributed by atoms with Crippen LogP contribution in [-0.2, 0) is 14.3 Å². The zero-order valence-electron chi connectivity index (χ0n) is 20.2. The Kier molecular flexibility index (Phi) is 8.06. The second kappa shape index (κ2) is 11.4. The molecule has 0 saturated heterocycles. The van der Waals surface area contributed by atoms with E-state index in [1.807, 2.05) is 31.2 Å². The van der Waals surface area contributed by atoms with Crippen molar-refractivity contribution >= 4 is 18.0 Å². The molecule has 4 rings (SSSR count). The number of ether oxygens (including phenoxy) is 1. The van der Waals surface area contributed by atoms with Crippen LogP contribution in [0.15, 0.2) is 48.5 Å². The predicted octanol–water partition coefficient (Wildman–Crippen LogP) is 4.70. The van der Waals surface area contributed by atoms with Crippen LogP contribution in [-0.4, -0.2) is 42.3 Å². The standard InChI is InChI=1S/C28H34N2O5/c1-2-20(15-26(31)32)30-27(33)19-9-7-8-18(14-19)16-29-28(34)35-17-25-23-12-5-3-10-21(23)22-11-4-6-13-24(22)25/h3-6,10-13,18-20,25H,2,7-9,14-17H2,1H3,(H,29,34)(H,30,33)(H,31,32)/t18?,19?,20-/m0/s1. The van der Waals surface area contributed by atoms with E-state index in [9.17, 15) is 14.4 Å². The van der Waals surface area contributed by atoms with Crippen LogP contribution in [0.25, 0.3) is 11.1 Å². The maximum atomic E-state index is 12.7. The van der Waals surface area contributed by atoms with Gasteiger partial charge in [0.05, 0.1) is 6.42 Å². The molecule has 0 spiro atoms. The SMILES string of the molecule is CC[C@@H](CC(=O)O)NC(=O)C1CCCC(CNC(=O)OCC2c3ccccc3-c3ccccc32)C1. The highest BCUT2D eigenvalue weighted by Crippen LogP contribution is 2.44. The van der Waals surface area contributed by atoms with Gasteiger partial charge in [-0.1, -0.05) is 61.9 Å². The fourth-order valence-electron chi connectivity index (χ4n) is 5.42. The van der Waals surface area contributed by atoms with Crippen LogP contribution in [0.4, 0.5) is 4.79 Å². The fraction of sp³-hybridized carbons (Fsp3) is 0.464. The first-order valence-corrected chi connectivity index (χ1v) is 12.6. The highest BCUT2D eigenvalue weighted by molar-refractivity contribution is 5.80. The van der Waals surface area contributed by atoms with E-state index in [0.717, 1.165) is 19.3 Å². The molecule has 2 aromatic carbocycles. The van der Waals surface area contributed by atoms with Gasteiger partial charge in [0.15, 0.2) is 0 Å². The predicted molar refractivity (Wildman–Crippen MR) is 133 cm³/mol. The summed E-state index contributed by atoms with van der Waals surface area (Å²) in [5.74, 6) is -0.927. The van der Waals surface area contributed by atoms with E-state index in [0.29, 0.717) is 19.4 Å². The van der Waals surface area contributed by atoms with E-state index in [2.05, 4.69) is 34.9 Å². The Labute approximate surface area is 206 Å². The highest BCUT2D eigenvalue weighted by atomic mass is 16.5. The number of nitrogens with one attached hydrogen (secondary N) is 2. The molecule has 2 aliphatic rings. The van der Waals surface area contributed by atoms with Gasteiger partial charge in [0.25, 0.3) is 0 Å². The van der Waals surface area contributed by atoms with E-state index in [1.165, 1.54) is 22.3 Å². The molecular weight excluding hydrogens is 444 g/mol. The van der Waals surface area contributed by atoms with Crippen LogP contribution in [0.2, 0.25) is 0 Å². The molecule has 0 aromatic heterocycles. The van der Waals surface area contributed by atoms with E-state index < -0.39 is 12.1 Å². The van der Waals surface area contributed by atoms with Crippen LogP contribution < -0.4 is 10.6 Å². The number of carbonyl (C=O) groups is 3. The van der Waals surface area contributed by atoms with Gasteiger partial charge >= 0.3 is 12.1 Å². The summed E-state index contributed by atoms with van der Waals surface area (Å²) in [6, 6.07) is 16.1. The van der Waals surface area contributed by atoms with E-state index in [1.54, 1.807) is 0 Å². The van der Waals surface area contributed by atoms with Crippen molar-refractivity contribution in [1.82, 2.24) is 10.6 Å². The Morgan fingerprint density at radius 1 is 1.03 bits per heavy atom. The van der Waals surface area contributed by atoms with Crippen LogP contribution in [0.5, 0.6) is 0 Å². The summed E-state index contributed by atoms with van der Waals surface area (Å²) in [6.07, 6.45) is 3.39. The summed E-state index contributed by atoms with van der Waals surface area (Å²) in [5, 5.41) is 14.8. The molecule has 0 aliphatic heterocycles. The summed E-state index contributed by atoms with van der Waals surface area (Å²) in [5.41, 5.74) is 4.74. The van der Waals surface area contributed by atoms with Crippen LogP contribution in [0.1, 0.15) is 62.5 Å². The number of benzene rings is 2. The summed E-state index contributed by atoms with van der Waals surface area (Å²) < 4.78 is 5.62. The van der Waals surface area contributed by atoms with Gasteiger partial charge in [0, 0.05) is 24.4 Å². The molecule has 1 saturated carbocycles. The number of amides is 2. The van der Waals surface area contributed by atoms with Crippen molar-refractivity contribution in [3.8, 4) is 11.1 Å². The molecule has 0 bridgehead atoms. The van der Waals surface area contributed by atoms with E-state index >= 15 is 0 Å². The van der Waals surface area contributed by atoms with Gasteiger partial charge in [0.1, 0.15) is 6.61 Å². The van der Waals surface area contributed by atoms with Gasteiger partial charge in [-0.2, -0.15) is 0 Å². The number of rotatable bonds is 9. The van der Waals surface area contributed by atoms with Crippen molar-refractivity contribution in [2.75, 3.05) is 13.2 Å². The number of fused-ring (bicyclic) bond motifs is 3. The quantitative estimate of drug-likeness (QED) is 0.485. The first-order valence-electron chi connectivity index (χ1n) is 12.6. The zero-order valence-corrected chi connectivity index (χ0v) is 20.2. The molecule has 2 unspecified atom stereocenters. The molecular formula is C28H34N2O5. The van der Waals surface area contributed by atoms with Gasteiger partial charge in [-0.25, -0.2) is 4.79 Å². The summed E-state index contributed by atoms with van der Waals surface area (Å²) in [4.78, 5) is 36.2. The zero-order chi connectivity index (χ0) is 24.8. The van der Waals surface area contributed by atoms with Gasteiger partial charge < -0.3 is 20.5 Å². The average Bonchev–Trinajstić information content (AvgIpc) is 3.19. The lowest BCUT2D eigenvalue weighted by Gasteiger charge is -2.29. The topological polar surface area (TPSA) is 105 Å². The van der Waals surface area contributed by atoms with Gasteiger partial charge in [-0.3, -0.25) is 9.59 Å². The molecule has 2 amide bonds. The maximum Gasteiger partial charge on any atom is 0.407 e. The van der Waals surface area contributed by atoms with E-state index in [4.69, 9.17) is 9.84 Å². The molecule has 0 heterocycles. The first-order chi connectivity index (χ1) is 17.0. The monoisotopic (exact) mass is 478 g/mol. The number of carboxylic acids is 1. The Bertz CT molecular complexity index is 1020. The minimum Gasteiger partial charge on any atom is -0.481 e. The summed E-state index contributed by atoms with van der Waals surface area (Å²) >= 11 is 0. The Balaban J connectivity index is 1.25. The lowest BCUT2D eigenvalue weighted by Crippen LogP contribution is -2.42. The first kappa shape index (κ1) is 24.8. The van der Waals surface area contributed by atoms with Crippen molar-refractivity contribution in [2.24, 2.45) is 11.8 Å². The van der Waals surface area contributed by atoms with E-state index in [-0.39, 0.29) is 42.7 Å². The van der Waals surface area contributed by atoms with Gasteiger partial charge in [0.2, 0.25) is 5.91 Å². The van der Waals surface area contributed by atoms with Crippen molar-refractivity contribution in [2.45, 2.75) is 57.4 Å². The molecule has 186 valence electrons. The van der Waals surface area contributed by atoms with Crippen molar-refractivity contribution in [3.05, 3.63) is 59.7 Å². The van der Waals surface area contributed by atoms with Crippen LogP contribution in [0, 0.1) is 11.8 Å². The number of carboxylic acid groups (broad SMARTS) is 1. The molecule has 0 radical (unpaired) electrons. The number of hydrogen-bond donors (Lipinski definition) is 3. The Hall–Kier alpha value is -3.35. The lowest BCUT2D eigenvalue weighted by atomic mass is 9.80. The fourth-order valence-corrected chi connectivity index (χ4v) is 5.42. The minimum absolute atomic E-state index is 0.0215. The molecule has 3 atom stereocenters. The maximum absolute atomic E-state index is 12.7. The molecule has 3 N–H and O–H groups in total. The Morgan fingerprint density at radius 2 is 1.69 bits per heavy atom. The highest BCUT2D eigenvalue weighted by Gasteiger charge is 2.30. The average molecular weight is 479 g/mol. The molecule has 7 heteroatoms. The minimum atomic E-state index is -0.911. The number of aliphatic carboxylic acids is 1. The second-order valence-corrected chi connectivity index (χ2v) is 9.65. The molecule has 1 fully saturated rings. The summed E-state index contributed by atoms with van der Waals surface area (Å²) in [7, 11) is 0. The third-order valence-electron chi connectivity index (χ3n) is 7.29. The lowest BCUT2D eigenvalue weighted by molar-refractivity contribution is -0.138. The van der Waals surface area contributed by atoms with Gasteiger partial charge in [-0.15, -0.1) is 0 Å². The Morgan fingerprint density at radius 3 is 2.31 bits per heavy atom. The smallest absolute Gasteiger partial charge is 0.407 e. The van der Waals surface area contributed by atoms with Crippen LogP contribution >= 0.6 is 0 Å². The third kappa shape index (κ3) is 6.02. The molecule has 35 heavy (non-hydrogen) atoms. The normalized spacial score (nSPS) is 19.8. The van der Waals surface area contributed by atoms with Crippen molar-refractivity contribution < 1.29 is 24.2 Å². The molecule has 2 aliphatic carbocycles. The molecule has 2 aromatic rings. The second-order valence-electron chi connectivity index (χ2n) is 9.65. The third-order valence-corrected chi connectivity index (χ3v) is 7.29. The summed E-state index contributed by atoms with van der Waals surface area (Å²) in [6.45, 7) is 2.61. The largest absolute Gasteiger partial charge is 0.481 e. The van der Waals surface area contributed by atoms with Crippen LogP contribution in [0.3, 0.4) is 0 Å². The van der Waals surface area contributed by atoms with Crippen molar-refractivity contribution in [3.63, 3.8) is 0 Å². The van der Waals surface area contributed by atoms with Gasteiger partial charge in [-0.05, 0) is 53.9 Å². The molecule has 7 nitrogen and oxygen atoms in total.